The van der Waals surface area contributed by atoms with Gasteiger partial charge in [-0.05, 0) is 40.5 Å². The van der Waals surface area contributed by atoms with Crippen LogP contribution in [-0.4, -0.2) is 60.0 Å². The van der Waals surface area contributed by atoms with Crippen molar-refractivity contribution in [1.82, 2.24) is 25.1 Å². The molecule has 1 saturated heterocycles. The average molecular weight is 275 g/mol. The third-order valence-corrected chi connectivity index (χ3v) is 4.52. The van der Waals surface area contributed by atoms with Gasteiger partial charge in [0.1, 0.15) is 5.82 Å². The zero-order chi connectivity index (χ0) is 14.1. The summed E-state index contributed by atoms with van der Waals surface area (Å²) in [5, 5.41) is 3.41. The van der Waals surface area contributed by atoms with E-state index in [9.17, 15) is 0 Å². The maximum atomic E-state index is 4.90. The van der Waals surface area contributed by atoms with Crippen LogP contribution in [0.15, 0.2) is 0 Å². The Balaban J connectivity index is 1.94. The molecular formula is C15H25N5. The van der Waals surface area contributed by atoms with Crippen molar-refractivity contribution in [2.45, 2.75) is 32.4 Å². The molecule has 20 heavy (non-hydrogen) atoms. The van der Waals surface area contributed by atoms with Crippen LogP contribution in [0.5, 0.6) is 0 Å². The molecule has 0 aromatic carbocycles. The van der Waals surface area contributed by atoms with Gasteiger partial charge >= 0.3 is 0 Å². The van der Waals surface area contributed by atoms with E-state index in [0.717, 1.165) is 50.7 Å². The van der Waals surface area contributed by atoms with Crippen LogP contribution in [0.2, 0.25) is 0 Å². The summed E-state index contributed by atoms with van der Waals surface area (Å²) in [4.78, 5) is 14.5. The van der Waals surface area contributed by atoms with Crippen LogP contribution in [0.25, 0.3) is 0 Å². The van der Waals surface area contributed by atoms with Gasteiger partial charge in [0.05, 0.1) is 11.7 Å². The highest BCUT2D eigenvalue weighted by atomic mass is 15.2. The summed E-state index contributed by atoms with van der Waals surface area (Å²) in [6, 6.07) is 0.321. The quantitative estimate of drug-likeness (QED) is 0.819. The van der Waals surface area contributed by atoms with E-state index in [4.69, 9.17) is 9.97 Å². The molecule has 1 aromatic rings. The maximum absolute atomic E-state index is 4.90. The molecule has 110 valence electrons. The van der Waals surface area contributed by atoms with Crippen molar-refractivity contribution in [3.63, 3.8) is 0 Å². The lowest BCUT2D eigenvalue weighted by molar-refractivity contribution is 0.218. The monoisotopic (exact) mass is 275 g/mol. The molecule has 0 radical (unpaired) electrons. The first-order valence-electron chi connectivity index (χ1n) is 7.61. The first-order valence-corrected chi connectivity index (χ1v) is 7.61. The van der Waals surface area contributed by atoms with Crippen LogP contribution in [0.4, 0.5) is 0 Å². The Bertz CT molecular complexity index is 487. The van der Waals surface area contributed by atoms with Crippen molar-refractivity contribution >= 4 is 0 Å². The number of aromatic nitrogens is 2. The molecule has 3 heterocycles. The average Bonchev–Trinajstić information content (AvgIpc) is 2.60. The Morgan fingerprint density at radius 3 is 2.90 bits per heavy atom. The summed E-state index contributed by atoms with van der Waals surface area (Å²) < 4.78 is 0. The van der Waals surface area contributed by atoms with Crippen LogP contribution in [0.3, 0.4) is 0 Å². The molecule has 3 rings (SSSR count). The minimum absolute atomic E-state index is 0.321. The number of nitrogens with zero attached hydrogens (tertiary/aromatic N) is 4. The fraction of sp³-hybridized carbons (Fsp3) is 0.733. The molecule has 1 aromatic heterocycles. The van der Waals surface area contributed by atoms with Crippen LogP contribution in [0, 0.1) is 6.92 Å². The maximum Gasteiger partial charge on any atom is 0.147 e. The predicted octanol–water partition coefficient (Wildman–Crippen LogP) is 0.739. The van der Waals surface area contributed by atoms with Gasteiger partial charge in [-0.2, -0.15) is 0 Å². The highest BCUT2D eigenvalue weighted by molar-refractivity contribution is 5.28. The van der Waals surface area contributed by atoms with Gasteiger partial charge < -0.3 is 10.2 Å². The smallest absolute Gasteiger partial charge is 0.147 e. The van der Waals surface area contributed by atoms with Crippen molar-refractivity contribution in [2.75, 3.05) is 40.3 Å². The molecule has 0 saturated carbocycles. The van der Waals surface area contributed by atoms with Crippen molar-refractivity contribution < 1.29 is 0 Å². The second kappa shape index (κ2) is 5.76. The van der Waals surface area contributed by atoms with Crippen molar-refractivity contribution in [1.29, 1.82) is 0 Å². The molecule has 5 heteroatoms. The van der Waals surface area contributed by atoms with E-state index < -0.39 is 0 Å². The second-order valence-corrected chi connectivity index (χ2v) is 6.13. The van der Waals surface area contributed by atoms with Crippen LogP contribution in [-0.2, 0) is 13.0 Å². The molecule has 0 aliphatic carbocycles. The summed E-state index contributed by atoms with van der Waals surface area (Å²) in [7, 11) is 4.39. The fourth-order valence-corrected chi connectivity index (χ4v) is 3.24. The number of nitrogens with one attached hydrogen (secondary N) is 1. The summed E-state index contributed by atoms with van der Waals surface area (Å²) in [6.07, 6.45) is 2.25. The highest BCUT2D eigenvalue weighted by Gasteiger charge is 2.26. The number of hydrogen-bond donors (Lipinski definition) is 1. The molecule has 0 spiro atoms. The fourth-order valence-electron chi connectivity index (χ4n) is 3.24. The number of rotatable bonds is 1. The molecule has 1 fully saturated rings. The van der Waals surface area contributed by atoms with E-state index in [2.05, 4.69) is 36.1 Å². The van der Waals surface area contributed by atoms with Crippen LogP contribution < -0.4 is 5.32 Å². The van der Waals surface area contributed by atoms with Gasteiger partial charge in [0, 0.05) is 37.3 Å². The summed E-state index contributed by atoms with van der Waals surface area (Å²) >= 11 is 0. The van der Waals surface area contributed by atoms with E-state index >= 15 is 0 Å². The highest BCUT2D eigenvalue weighted by Crippen LogP contribution is 2.23. The minimum atomic E-state index is 0.321. The van der Waals surface area contributed by atoms with Gasteiger partial charge in [-0.25, -0.2) is 9.97 Å². The first kappa shape index (κ1) is 13.9. The van der Waals surface area contributed by atoms with Gasteiger partial charge in [0.25, 0.3) is 0 Å². The molecule has 2 aliphatic rings. The lowest BCUT2D eigenvalue weighted by atomic mass is 10.1. The Labute approximate surface area is 121 Å². The Morgan fingerprint density at radius 2 is 2.05 bits per heavy atom. The summed E-state index contributed by atoms with van der Waals surface area (Å²) in [5.74, 6) is 1.01. The predicted molar refractivity (Wildman–Crippen MR) is 79.7 cm³/mol. The van der Waals surface area contributed by atoms with E-state index in [1.54, 1.807) is 0 Å². The van der Waals surface area contributed by atoms with Gasteiger partial charge in [0.2, 0.25) is 0 Å². The molecule has 2 aliphatic heterocycles. The third kappa shape index (κ3) is 2.71. The molecule has 1 N–H and O–H groups in total. The number of hydrogen-bond acceptors (Lipinski definition) is 5. The van der Waals surface area contributed by atoms with Gasteiger partial charge in [-0.15, -0.1) is 0 Å². The van der Waals surface area contributed by atoms with Crippen LogP contribution in [0.1, 0.15) is 35.2 Å². The Morgan fingerprint density at radius 1 is 1.20 bits per heavy atom. The number of fused-ring (bicyclic) bond motifs is 1. The summed E-state index contributed by atoms with van der Waals surface area (Å²) in [5.41, 5.74) is 3.72. The number of aryl methyl sites for hydroxylation is 1. The molecule has 5 nitrogen and oxygen atoms in total. The van der Waals surface area contributed by atoms with Gasteiger partial charge in [0.15, 0.2) is 0 Å². The van der Waals surface area contributed by atoms with E-state index in [0.29, 0.717) is 6.04 Å². The molecule has 1 atom stereocenters. The van der Waals surface area contributed by atoms with Gasteiger partial charge in [-0.3, -0.25) is 4.90 Å². The summed E-state index contributed by atoms with van der Waals surface area (Å²) in [6.45, 7) is 7.38. The Hall–Kier alpha value is -1.04. The lowest BCUT2D eigenvalue weighted by Crippen LogP contribution is -2.33. The van der Waals surface area contributed by atoms with E-state index in [-0.39, 0.29) is 0 Å². The zero-order valence-electron chi connectivity index (χ0n) is 12.8. The van der Waals surface area contributed by atoms with E-state index in [1.807, 2.05) is 0 Å². The third-order valence-electron chi connectivity index (χ3n) is 4.52. The molecule has 0 amide bonds. The Kier molecular flexibility index (Phi) is 4.01. The van der Waals surface area contributed by atoms with Crippen molar-refractivity contribution in [3.8, 4) is 0 Å². The lowest BCUT2D eigenvalue weighted by Gasteiger charge is -2.28. The second-order valence-electron chi connectivity index (χ2n) is 6.13. The largest absolute Gasteiger partial charge is 0.312 e. The first-order chi connectivity index (χ1) is 9.65. The SMILES string of the molecule is Cc1nc(C2CN(C)CCCN2C)nc2c1CNCC2. The zero-order valence-corrected chi connectivity index (χ0v) is 12.8. The van der Waals surface area contributed by atoms with Gasteiger partial charge in [-0.1, -0.05) is 0 Å². The number of likely N-dealkylation sites (N-methyl/N-ethyl adjacent to an activating group) is 2. The minimum Gasteiger partial charge on any atom is -0.312 e. The topological polar surface area (TPSA) is 44.3 Å². The molecular weight excluding hydrogens is 250 g/mol. The van der Waals surface area contributed by atoms with Crippen molar-refractivity contribution in [3.05, 3.63) is 22.8 Å². The van der Waals surface area contributed by atoms with Crippen LogP contribution >= 0.6 is 0 Å². The van der Waals surface area contributed by atoms with Crippen molar-refractivity contribution in [2.24, 2.45) is 0 Å². The van der Waals surface area contributed by atoms with E-state index in [1.165, 1.54) is 17.7 Å². The molecule has 0 bridgehead atoms. The molecule has 1 unspecified atom stereocenters. The standard InChI is InChI=1S/C15H25N5/c1-11-12-9-16-6-5-13(12)18-15(17-11)14-10-19(2)7-4-8-20(14)3/h14,16H,4-10H2,1-3H3. The normalized spacial score (nSPS) is 25.2.